The lowest BCUT2D eigenvalue weighted by atomic mass is 10.3. The molecule has 0 aliphatic carbocycles. The zero-order valence-corrected chi connectivity index (χ0v) is 15.9. The topological polar surface area (TPSA) is 79.0 Å². The van der Waals surface area contributed by atoms with Gasteiger partial charge in [-0.3, -0.25) is 9.69 Å². The van der Waals surface area contributed by atoms with Crippen molar-refractivity contribution in [3.8, 4) is 0 Å². The average molecular weight is 390 g/mol. The van der Waals surface area contributed by atoms with E-state index in [2.05, 4.69) is 10.2 Å². The molecule has 1 N–H and O–H groups in total. The van der Waals surface area contributed by atoms with Gasteiger partial charge in [-0.15, -0.1) is 0 Å². The van der Waals surface area contributed by atoms with Crippen molar-refractivity contribution in [2.75, 3.05) is 57.5 Å². The maximum Gasteiger partial charge on any atom is 0.225 e. The van der Waals surface area contributed by atoms with Gasteiger partial charge in [0.05, 0.1) is 30.2 Å². The highest BCUT2D eigenvalue weighted by molar-refractivity contribution is 7.88. The van der Waals surface area contributed by atoms with Gasteiger partial charge in [-0.2, -0.15) is 0 Å². The molecular weight excluding hydrogens is 366 g/mol. The number of nitrogens with zero attached hydrogens (tertiary/aromatic N) is 2. The van der Waals surface area contributed by atoms with E-state index in [0.29, 0.717) is 37.0 Å². The van der Waals surface area contributed by atoms with Crippen LogP contribution in [0.15, 0.2) is 24.3 Å². The summed E-state index contributed by atoms with van der Waals surface area (Å²) < 4.78 is 30.5. The van der Waals surface area contributed by atoms with E-state index in [4.69, 9.17) is 16.3 Å². The fraction of sp³-hybridized carbons (Fsp3) is 0.562. The minimum absolute atomic E-state index is 0.0708. The van der Waals surface area contributed by atoms with E-state index in [0.717, 1.165) is 19.3 Å². The number of hydrogen-bond acceptors (Lipinski definition) is 5. The SMILES string of the molecule is CS(=O)(=O)N(CCC(=O)Nc1ccccc1Cl)CCN1CCOCC1. The van der Waals surface area contributed by atoms with Crippen LogP contribution < -0.4 is 5.32 Å². The summed E-state index contributed by atoms with van der Waals surface area (Å²) in [6.45, 7) is 4.05. The number of carbonyl (C=O) groups excluding carboxylic acids is 1. The van der Waals surface area contributed by atoms with Gasteiger partial charge in [-0.25, -0.2) is 12.7 Å². The number of halogens is 1. The number of para-hydroxylation sites is 1. The summed E-state index contributed by atoms with van der Waals surface area (Å²) >= 11 is 6.00. The molecule has 9 heteroatoms. The second kappa shape index (κ2) is 9.49. The Labute approximate surface area is 153 Å². The smallest absolute Gasteiger partial charge is 0.225 e. The first-order chi connectivity index (χ1) is 11.9. The monoisotopic (exact) mass is 389 g/mol. The molecule has 0 spiro atoms. The Kier molecular flexibility index (Phi) is 7.64. The summed E-state index contributed by atoms with van der Waals surface area (Å²) in [7, 11) is -3.37. The van der Waals surface area contributed by atoms with Crippen LogP contribution in [0.2, 0.25) is 5.02 Å². The number of carbonyl (C=O) groups is 1. The van der Waals surface area contributed by atoms with Gasteiger partial charge in [0.15, 0.2) is 0 Å². The molecule has 1 aromatic rings. The van der Waals surface area contributed by atoms with Crippen molar-refractivity contribution in [3.05, 3.63) is 29.3 Å². The lowest BCUT2D eigenvalue weighted by Gasteiger charge is -2.29. The van der Waals surface area contributed by atoms with Crippen molar-refractivity contribution in [3.63, 3.8) is 0 Å². The predicted molar refractivity (Wildman–Crippen MR) is 98.4 cm³/mol. The Morgan fingerprint density at radius 1 is 1.28 bits per heavy atom. The standard InChI is InChI=1S/C16H24ClN3O4S/c1-25(22,23)20(9-8-19-10-12-24-13-11-19)7-6-16(21)18-15-5-3-2-4-14(15)17/h2-5H,6-13H2,1H3,(H,18,21). The Morgan fingerprint density at radius 2 is 1.96 bits per heavy atom. The molecule has 0 atom stereocenters. The quantitative estimate of drug-likeness (QED) is 0.724. The fourth-order valence-corrected chi connectivity index (χ4v) is 3.54. The predicted octanol–water partition coefficient (Wildman–Crippen LogP) is 1.26. The number of hydrogen-bond donors (Lipinski definition) is 1. The number of benzene rings is 1. The Bertz CT molecular complexity index is 678. The lowest BCUT2D eigenvalue weighted by molar-refractivity contribution is -0.116. The van der Waals surface area contributed by atoms with Gasteiger partial charge >= 0.3 is 0 Å². The van der Waals surface area contributed by atoms with Crippen LogP contribution in [0, 0.1) is 0 Å². The Hall–Kier alpha value is -1.19. The van der Waals surface area contributed by atoms with E-state index in [1.54, 1.807) is 24.3 Å². The molecule has 0 radical (unpaired) electrons. The van der Waals surface area contributed by atoms with Crippen LogP contribution in [-0.4, -0.2) is 75.7 Å². The molecule has 25 heavy (non-hydrogen) atoms. The molecule has 1 aromatic carbocycles. The third kappa shape index (κ3) is 6.91. The molecule has 0 saturated carbocycles. The average Bonchev–Trinajstić information content (AvgIpc) is 2.56. The highest BCUT2D eigenvalue weighted by atomic mass is 35.5. The zero-order valence-electron chi connectivity index (χ0n) is 14.3. The number of nitrogens with one attached hydrogen (secondary N) is 1. The van der Waals surface area contributed by atoms with Crippen molar-refractivity contribution in [2.24, 2.45) is 0 Å². The number of morpholine rings is 1. The molecule has 1 aliphatic heterocycles. The highest BCUT2D eigenvalue weighted by Gasteiger charge is 2.20. The summed E-state index contributed by atoms with van der Waals surface area (Å²) in [5, 5.41) is 3.15. The van der Waals surface area contributed by atoms with E-state index < -0.39 is 10.0 Å². The third-order valence-electron chi connectivity index (χ3n) is 3.97. The molecule has 7 nitrogen and oxygen atoms in total. The maximum absolute atomic E-state index is 12.1. The molecule has 0 aromatic heterocycles. The molecule has 1 heterocycles. The Balaban J connectivity index is 1.84. The summed E-state index contributed by atoms with van der Waals surface area (Å²) in [4.78, 5) is 14.2. The number of amides is 1. The van der Waals surface area contributed by atoms with Crippen LogP contribution in [0.4, 0.5) is 5.69 Å². The van der Waals surface area contributed by atoms with Gasteiger partial charge in [-0.05, 0) is 12.1 Å². The fourth-order valence-electron chi connectivity index (χ4n) is 2.52. The molecule has 0 bridgehead atoms. The number of anilines is 1. The van der Waals surface area contributed by atoms with Gasteiger partial charge in [0, 0.05) is 39.1 Å². The van der Waals surface area contributed by atoms with Crippen molar-refractivity contribution in [2.45, 2.75) is 6.42 Å². The van der Waals surface area contributed by atoms with Gasteiger partial charge in [-0.1, -0.05) is 23.7 Å². The first kappa shape index (κ1) is 20.1. The van der Waals surface area contributed by atoms with Gasteiger partial charge in [0.2, 0.25) is 15.9 Å². The van der Waals surface area contributed by atoms with Crippen LogP contribution in [-0.2, 0) is 19.6 Å². The van der Waals surface area contributed by atoms with E-state index in [1.807, 2.05) is 0 Å². The summed E-state index contributed by atoms with van der Waals surface area (Å²) in [6, 6.07) is 6.93. The summed E-state index contributed by atoms with van der Waals surface area (Å²) in [5.74, 6) is -0.270. The van der Waals surface area contributed by atoms with Crippen LogP contribution in [0.1, 0.15) is 6.42 Å². The van der Waals surface area contributed by atoms with Crippen LogP contribution >= 0.6 is 11.6 Å². The van der Waals surface area contributed by atoms with Gasteiger partial charge < -0.3 is 10.1 Å². The molecule has 1 aliphatic rings. The van der Waals surface area contributed by atoms with Crippen molar-refractivity contribution >= 4 is 33.2 Å². The number of ether oxygens (including phenoxy) is 1. The highest BCUT2D eigenvalue weighted by Crippen LogP contribution is 2.20. The Morgan fingerprint density at radius 3 is 2.60 bits per heavy atom. The van der Waals surface area contributed by atoms with Crippen molar-refractivity contribution in [1.29, 1.82) is 0 Å². The van der Waals surface area contributed by atoms with Gasteiger partial charge in [0.25, 0.3) is 0 Å². The molecular formula is C16H24ClN3O4S. The first-order valence-electron chi connectivity index (χ1n) is 8.16. The van der Waals surface area contributed by atoms with Crippen molar-refractivity contribution in [1.82, 2.24) is 9.21 Å². The minimum atomic E-state index is -3.37. The molecule has 2 rings (SSSR count). The normalized spacial score (nSPS) is 16.1. The number of rotatable bonds is 8. The zero-order chi connectivity index (χ0) is 18.3. The van der Waals surface area contributed by atoms with Gasteiger partial charge in [0.1, 0.15) is 0 Å². The van der Waals surface area contributed by atoms with E-state index in [-0.39, 0.29) is 18.9 Å². The van der Waals surface area contributed by atoms with Crippen LogP contribution in [0.3, 0.4) is 0 Å². The van der Waals surface area contributed by atoms with E-state index >= 15 is 0 Å². The molecule has 0 unspecified atom stereocenters. The first-order valence-corrected chi connectivity index (χ1v) is 10.4. The third-order valence-corrected chi connectivity index (χ3v) is 5.61. The largest absolute Gasteiger partial charge is 0.379 e. The minimum Gasteiger partial charge on any atom is -0.379 e. The molecule has 1 amide bonds. The second-order valence-corrected chi connectivity index (χ2v) is 8.28. The maximum atomic E-state index is 12.1. The van der Waals surface area contributed by atoms with E-state index in [9.17, 15) is 13.2 Å². The van der Waals surface area contributed by atoms with E-state index in [1.165, 1.54) is 4.31 Å². The molecule has 1 fully saturated rings. The lowest BCUT2D eigenvalue weighted by Crippen LogP contribution is -2.43. The van der Waals surface area contributed by atoms with Crippen molar-refractivity contribution < 1.29 is 17.9 Å². The second-order valence-electron chi connectivity index (χ2n) is 5.89. The van der Waals surface area contributed by atoms with Crippen LogP contribution in [0.5, 0.6) is 0 Å². The summed E-state index contributed by atoms with van der Waals surface area (Å²) in [6.07, 6.45) is 1.24. The molecule has 1 saturated heterocycles. The number of sulfonamides is 1. The van der Waals surface area contributed by atoms with Crippen LogP contribution in [0.25, 0.3) is 0 Å². The molecule has 140 valence electrons. The summed E-state index contributed by atoms with van der Waals surface area (Å²) in [5.41, 5.74) is 0.522.